The van der Waals surface area contributed by atoms with E-state index in [-0.39, 0.29) is 11.9 Å². The molecule has 1 heterocycles. The molecule has 2 aromatic carbocycles. The van der Waals surface area contributed by atoms with Crippen LogP contribution in [0.4, 0.5) is 0 Å². The topological polar surface area (TPSA) is 41.6 Å². The third-order valence-electron chi connectivity index (χ3n) is 4.37. The molecule has 1 fully saturated rings. The molecule has 1 unspecified atom stereocenters. The minimum absolute atomic E-state index is 0.0713. The molecule has 4 nitrogen and oxygen atoms in total. The van der Waals surface area contributed by atoms with E-state index in [1.807, 2.05) is 54.6 Å². The van der Waals surface area contributed by atoms with Gasteiger partial charge >= 0.3 is 0 Å². The summed E-state index contributed by atoms with van der Waals surface area (Å²) in [5.74, 6) is -0.0713. The number of amides is 1. The normalized spacial score (nSPS) is 16.6. The first kappa shape index (κ1) is 17.4. The van der Waals surface area contributed by atoms with E-state index in [1.165, 1.54) is 5.56 Å². The summed E-state index contributed by atoms with van der Waals surface area (Å²) in [5.41, 5.74) is 2.24. The van der Waals surface area contributed by atoms with E-state index >= 15 is 0 Å². The number of hydrogen-bond acceptors (Lipinski definition) is 3. The molecule has 4 heteroatoms. The Kier molecular flexibility index (Phi) is 6.37. The van der Waals surface area contributed by atoms with E-state index in [0.29, 0.717) is 6.54 Å². The quantitative estimate of drug-likeness (QED) is 0.825. The average Bonchev–Trinajstić information content (AvgIpc) is 2.69. The van der Waals surface area contributed by atoms with Gasteiger partial charge in [-0.15, -0.1) is 0 Å². The molecule has 1 N–H and O–H groups in total. The highest BCUT2D eigenvalue weighted by Gasteiger charge is 2.22. The van der Waals surface area contributed by atoms with Crippen molar-refractivity contribution in [3.63, 3.8) is 0 Å². The molecular formula is C21H24N2O2. The first-order valence-corrected chi connectivity index (χ1v) is 8.70. The molecular weight excluding hydrogens is 312 g/mol. The monoisotopic (exact) mass is 336 g/mol. The molecule has 1 amide bonds. The Morgan fingerprint density at radius 2 is 1.68 bits per heavy atom. The van der Waals surface area contributed by atoms with E-state index in [1.54, 1.807) is 6.08 Å². The number of benzene rings is 2. The van der Waals surface area contributed by atoms with Crippen molar-refractivity contribution in [1.29, 1.82) is 0 Å². The predicted octanol–water partition coefficient (Wildman–Crippen LogP) is 2.89. The maximum atomic E-state index is 12.2. The highest BCUT2D eigenvalue weighted by molar-refractivity contribution is 5.91. The van der Waals surface area contributed by atoms with E-state index in [2.05, 4.69) is 22.3 Å². The summed E-state index contributed by atoms with van der Waals surface area (Å²) in [4.78, 5) is 14.6. The van der Waals surface area contributed by atoms with Crippen LogP contribution in [0, 0.1) is 0 Å². The molecule has 3 rings (SSSR count). The molecule has 1 saturated heterocycles. The molecule has 25 heavy (non-hydrogen) atoms. The van der Waals surface area contributed by atoms with Gasteiger partial charge in [0.1, 0.15) is 0 Å². The SMILES string of the molecule is O=C(C=Cc1ccccc1)NCC(c1ccccc1)N1CCOCC1. The summed E-state index contributed by atoms with van der Waals surface area (Å²) >= 11 is 0. The summed E-state index contributed by atoms with van der Waals surface area (Å²) in [6.07, 6.45) is 3.43. The van der Waals surface area contributed by atoms with Crippen molar-refractivity contribution in [2.24, 2.45) is 0 Å². The lowest BCUT2D eigenvalue weighted by Crippen LogP contribution is -2.43. The van der Waals surface area contributed by atoms with Crippen molar-refractivity contribution in [2.75, 3.05) is 32.8 Å². The lowest BCUT2D eigenvalue weighted by Gasteiger charge is -2.34. The Balaban J connectivity index is 1.62. The zero-order valence-electron chi connectivity index (χ0n) is 14.3. The van der Waals surface area contributed by atoms with Gasteiger partial charge in [-0.05, 0) is 17.2 Å². The minimum atomic E-state index is -0.0713. The van der Waals surface area contributed by atoms with Gasteiger partial charge in [-0.3, -0.25) is 9.69 Å². The van der Waals surface area contributed by atoms with Gasteiger partial charge in [-0.25, -0.2) is 0 Å². The third-order valence-corrected chi connectivity index (χ3v) is 4.37. The van der Waals surface area contributed by atoms with Gasteiger partial charge in [0.25, 0.3) is 0 Å². The number of morpholine rings is 1. The highest BCUT2D eigenvalue weighted by Crippen LogP contribution is 2.21. The number of nitrogens with zero attached hydrogens (tertiary/aromatic N) is 1. The zero-order chi connectivity index (χ0) is 17.3. The number of carbonyl (C=O) groups excluding carboxylic acids is 1. The van der Waals surface area contributed by atoms with Crippen LogP contribution in [0.5, 0.6) is 0 Å². The fraction of sp³-hybridized carbons (Fsp3) is 0.286. The van der Waals surface area contributed by atoms with Crippen LogP contribution >= 0.6 is 0 Å². The third kappa shape index (κ3) is 5.28. The van der Waals surface area contributed by atoms with E-state index in [4.69, 9.17) is 4.74 Å². The van der Waals surface area contributed by atoms with E-state index in [9.17, 15) is 4.79 Å². The lowest BCUT2D eigenvalue weighted by atomic mass is 10.0. The van der Waals surface area contributed by atoms with Gasteiger partial charge in [-0.2, -0.15) is 0 Å². The molecule has 1 aliphatic rings. The summed E-state index contributed by atoms with van der Waals surface area (Å²) in [6.45, 7) is 3.84. The predicted molar refractivity (Wildman–Crippen MR) is 100 cm³/mol. The number of ether oxygens (including phenoxy) is 1. The number of carbonyl (C=O) groups is 1. The van der Waals surface area contributed by atoms with Crippen LogP contribution < -0.4 is 5.32 Å². The van der Waals surface area contributed by atoms with Crippen molar-refractivity contribution in [2.45, 2.75) is 6.04 Å². The van der Waals surface area contributed by atoms with Crippen molar-refractivity contribution < 1.29 is 9.53 Å². The molecule has 0 aromatic heterocycles. The Hall–Kier alpha value is -2.43. The van der Waals surface area contributed by atoms with Crippen LogP contribution in [0.15, 0.2) is 66.7 Å². The molecule has 1 aliphatic heterocycles. The van der Waals surface area contributed by atoms with E-state index in [0.717, 1.165) is 31.9 Å². The summed E-state index contributed by atoms with van der Waals surface area (Å²) in [6, 6.07) is 20.3. The largest absolute Gasteiger partial charge is 0.379 e. The van der Waals surface area contributed by atoms with Gasteiger partial charge in [0.15, 0.2) is 0 Å². The second-order valence-electron chi connectivity index (χ2n) is 6.06. The Morgan fingerprint density at radius 1 is 1.04 bits per heavy atom. The van der Waals surface area contributed by atoms with Crippen LogP contribution in [-0.4, -0.2) is 43.7 Å². The molecule has 0 saturated carbocycles. The van der Waals surface area contributed by atoms with Crippen LogP contribution in [0.2, 0.25) is 0 Å². The first-order chi connectivity index (χ1) is 12.3. The first-order valence-electron chi connectivity index (χ1n) is 8.70. The van der Waals surface area contributed by atoms with Gasteiger partial charge < -0.3 is 10.1 Å². The fourth-order valence-electron chi connectivity index (χ4n) is 3.01. The van der Waals surface area contributed by atoms with Crippen LogP contribution in [0.1, 0.15) is 17.2 Å². The average molecular weight is 336 g/mol. The molecule has 2 aromatic rings. The van der Waals surface area contributed by atoms with Crippen molar-refractivity contribution in [1.82, 2.24) is 10.2 Å². The van der Waals surface area contributed by atoms with Gasteiger partial charge in [0.2, 0.25) is 5.91 Å². The Labute approximate surface area is 149 Å². The van der Waals surface area contributed by atoms with Crippen molar-refractivity contribution in [3.8, 4) is 0 Å². The van der Waals surface area contributed by atoms with Gasteiger partial charge in [0.05, 0.1) is 19.3 Å². The summed E-state index contributed by atoms with van der Waals surface area (Å²) in [7, 11) is 0. The maximum Gasteiger partial charge on any atom is 0.244 e. The van der Waals surface area contributed by atoms with Crippen LogP contribution in [-0.2, 0) is 9.53 Å². The lowest BCUT2D eigenvalue weighted by molar-refractivity contribution is -0.116. The second kappa shape index (κ2) is 9.16. The molecule has 1 atom stereocenters. The maximum absolute atomic E-state index is 12.2. The minimum Gasteiger partial charge on any atom is -0.379 e. The number of hydrogen-bond donors (Lipinski definition) is 1. The zero-order valence-corrected chi connectivity index (χ0v) is 14.3. The van der Waals surface area contributed by atoms with Gasteiger partial charge in [0, 0.05) is 25.7 Å². The molecule has 0 radical (unpaired) electrons. The van der Waals surface area contributed by atoms with Crippen LogP contribution in [0.25, 0.3) is 6.08 Å². The molecule has 0 aliphatic carbocycles. The molecule has 130 valence electrons. The number of rotatable bonds is 6. The fourth-order valence-corrected chi connectivity index (χ4v) is 3.01. The van der Waals surface area contributed by atoms with Crippen molar-refractivity contribution >= 4 is 12.0 Å². The van der Waals surface area contributed by atoms with E-state index < -0.39 is 0 Å². The Morgan fingerprint density at radius 3 is 2.36 bits per heavy atom. The standard InChI is InChI=1S/C21H24N2O2/c24-21(12-11-18-7-3-1-4-8-18)22-17-20(19-9-5-2-6-10-19)23-13-15-25-16-14-23/h1-12,20H,13-17H2,(H,22,24). The summed E-state index contributed by atoms with van der Waals surface area (Å²) in [5, 5.41) is 3.04. The smallest absolute Gasteiger partial charge is 0.244 e. The molecule has 0 spiro atoms. The summed E-state index contributed by atoms with van der Waals surface area (Å²) < 4.78 is 5.46. The van der Waals surface area contributed by atoms with Gasteiger partial charge in [-0.1, -0.05) is 60.7 Å². The highest BCUT2D eigenvalue weighted by atomic mass is 16.5. The van der Waals surface area contributed by atoms with Crippen LogP contribution in [0.3, 0.4) is 0 Å². The van der Waals surface area contributed by atoms with Crippen molar-refractivity contribution in [3.05, 3.63) is 77.9 Å². The number of nitrogens with one attached hydrogen (secondary N) is 1. The molecule has 0 bridgehead atoms. The second-order valence-corrected chi connectivity index (χ2v) is 6.06. The Bertz CT molecular complexity index is 680.